The molecule has 0 spiro atoms. The largest absolute Gasteiger partial charge is 0.487 e. The fourth-order valence-electron chi connectivity index (χ4n) is 4.12. The molecule has 1 atom stereocenters. The summed E-state index contributed by atoms with van der Waals surface area (Å²) in [7, 11) is 1.74. The van der Waals surface area contributed by atoms with E-state index in [1.807, 2.05) is 25.7 Å². The van der Waals surface area contributed by atoms with Gasteiger partial charge in [-0.25, -0.2) is 4.79 Å². The quantitative estimate of drug-likeness (QED) is 0.790. The Bertz CT molecular complexity index is 726. The molecule has 2 aliphatic heterocycles. The third kappa shape index (κ3) is 4.54. The van der Waals surface area contributed by atoms with Crippen LogP contribution in [0, 0.1) is 6.92 Å². The van der Waals surface area contributed by atoms with Gasteiger partial charge >= 0.3 is 6.09 Å². The highest BCUT2D eigenvalue weighted by Crippen LogP contribution is 2.41. The minimum absolute atomic E-state index is 0.144. The molecule has 0 N–H and O–H groups in total. The summed E-state index contributed by atoms with van der Waals surface area (Å²) in [6.45, 7) is 13.7. The van der Waals surface area contributed by atoms with Crippen LogP contribution in [0.25, 0.3) is 0 Å². The van der Waals surface area contributed by atoms with Crippen LogP contribution in [-0.4, -0.2) is 62.6 Å². The number of hydrogen-bond donors (Lipinski definition) is 0. The lowest BCUT2D eigenvalue weighted by Crippen LogP contribution is -2.41. The molecule has 0 aromatic heterocycles. The monoisotopic (exact) mass is 390 g/mol. The SMILES string of the molecule is COCCN1CC(C)Oc2cc3c(c(C)c21)CCN(C(=O)OC(C)(C)C)CC3. The van der Waals surface area contributed by atoms with E-state index in [4.69, 9.17) is 14.2 Å². The molecule has 6 heteroatoms. The van der Waals surface area contributed by atoms with Crippen LogP contribution in [0.1, 0.15) is 44.4 Å². The number of benzene rings is 1. The molecule has 1 aromatic rings. The van der Waals surface area contributed by atoms with Crippen molar-refractivity contribution in [1.29, 1.82) is 0 Å². The Hall–Kier alpha value is -1.95. The van der Waals surface area contributed by atoms with Gasteiger partial charge in [0.1, 0.15) is 17.5 Å². The number of rotatable bonds is 3. The first-order valence-corrected chi connectivity index (χ1v) is 10.2. The molecular weight excluding hydrogens is 356 g/mol. The Morgan fingerprint density at radius 1 is 1.29 bits per heavy atom. The van der Waals surface area contributed by atoms with Gasteiger partial charge in [0.25, 0.3) is 0 Å². The fraction of sp³-hybridized carbons (Fsp3) is 0.682. The molecule has 0 saturated heterocycles. The Morgan fingerprint density at radius 3 is 2.68 bits per heavy atom. The smallest absolute Gasteiger partial charge is 0.410 e. The van der Waals surface area contributed by atoms with Gasteiger partial charge in [-0.05, 0) is 70.2 Å². The summed E-state index contributed by atoms with van der Waals surface area (Å²) in [5, 5.41) is 0. The third-order valence-electron chi connectivity index (χ3n) is 5.36. The number of carbonyl (C=O) groups is 1. The molecular formula is C22H34N2O4. The lowest BCUT2D eigenvalue weighted by atomic mass is 9.94. The molecule has 2 aliphatic rings. The summed E-state index contributed by atoms with van der Waals surface area (Å²) in [4.78, 5) is 16.7. The van der Waals surface area contributed by atoms with Crippen LogP contribution < -0.4 is 9.64 Å². The van der Waals surface area contributed by atoms with Gasteiger partial charge in [-0.15, -0.1) is 0 Å². The average Bonchev–Trinajstić information content (AvgIpc) is 2.80. The van der Waals surface area contributed by atoms with Gasteiger partial charge in [0.2, 0.25) is 0 Å². The Kier molecular flexibility index (Phi) is 6.08. The number of anilines is 1. The Balaban J connectivity index is 1.86. The van der Waals surface area contributed by atoms with Gasteiger partial charge in [-0.2, -0.15) is 0 Å². The van der Waals surface area contributed by atoms with Crippen LogP contribution in [0.4, 0.5) is 10.5 Å². The van der Waals surface area contributed by atoms with Gasteiger partial charge in [0.05, 0.1) is 18.8 Å². The van der Waals surface area contributed by atoms with E-state index in [-0.39, 0.29) is 12.2 Å². The molecule has 6 nitrogen and oxygen atoms in total. The zero-order valence-corrected chi connectivity index (χ0v) is 18.1. The van der Waals surface area contributed by atoms with E-state index in [2.05, 4.69) is 24.8 Å². The van der Waals surface area contributed by atoms with Gasteiger partial charge in [0, 0.05) is 26.7 Å². The van der Waals surface area contributed by atoms with E-state index in [1.54, 1.807) is 7.11 Å². The predicted molar refractivity (Wildman–Crippen MR) is 111 cm³/mol. The standard InChI is InChI=1S/C22H34N2O4/c1-15-14-24(11-12-26-6)20-16(2)18-8-10-23(21(25)28-22(3,4)5)9-7-17(18)13-19(20)27-15/h13,15H,7-12,14H2,1-6H3. The Labute approximate surface area is 168 Å². The topological polar surface area (TPSA) is 51.2 Å². The minimum Gasteiger partial charge on any atom is -0.487 e. The first-order valence-electron chi connectivity index (χ1n) is 10.2. The maximum absolute atomic E-state index is 12.5. The molecule has 0 saturated carbocycles. The minimum atomic E-state index is -0.475. The molecule has 1 unspecified atom stereocenters. The molecule has 28 heavy (non-hydrogen) atoms. The van der Waals surface area contributed by atoms with Crippen LogP contribution in [0.2, 0.25) is 0 Å². The highest BCUT2D eigenvalue weighted by atomic mass is 16.6. The van der Waals surface area contributed by atoms with Gasteiger partial charge < -0.3 is 24.0 Å². The second-order valence-corrected chi connectivity index (χ2v) is 8.82. The normalized spacial score (nSPS) is 19.4. The van der Waals surface area contributed by atoms with Crippen molar-refractivity contribution >= 4 is 11.8 Å². The predicted octanol–water partition coefficient (Wildman–Crippen LogP) is 3.56. The van der Waals surface area contributed by atoms with Crippen LogP contribution in [0.5, 0.6) is 5.75 Å². The van der Waals surface area contributed by atoms with Crippen molar-refractivity contribution in [1.82, 2.24) is 4.90 Å². The number of ether oxygens (including phenoxy) is 3. The van der Waals surface area contributed by atoms with E-state index in [1.165, 1.54) is 22.4 Å². The van der Waals surface area contributed by atoms with Crippen molar-refractivity contribution in [2.75, 3.05) is 44.8 Å². The summed E-state index contributed by atoms with van der Waals surface area (Å²) in [5.41, 5.74) is 4.59. The van der Waals surface area contributed by atoms with Crippen molar-refractivity contribution in [3.05, 3.63) is 22.8 Å². The van der Waals surface area contributed by atoms with E-state index in [0.717, 1.165) is 31.7 Å². The fourth-order valence-corrected chi connectivity index (χ4v) is 4.12. The van der Waals surface area contributed by atoms with E-state index < -0.39 is 5.60 Å². The molecule has 0 fully saturated rings. The summed E-state index contributed by atoms with van der Waals surface area (Å²) < 4.78 is 17.1. The molecule has 0 aliphatic carbocycles. The number of fused-ring (bicyclic) bond motifs is 2. The molecule has 0 radical (unpaired) electrons. The molecule has 3 rings (SSSR count). The van der Waals surface area contributed by atoms with Gasteiger partial charge in [0.15, 0.2) is 0 Å². The zero-order valence-electron chi connectivity index (χ0n) is 18.1. The van der Waals surface area contributed by atoms with Gasteiger partial charge in [-0.1, -0.05) is 0 Å². The first kappa shape index (κ1) is 20.8. The average molecular weight is 391 g/mol. The van der Waals surface area contributed by atoms with Crippen LogP contribution in [0.15, 0.2) is 6.07 Å². The van der Waals surface area contributed by atoms with Crippen molar-refractivity contribution in [3.8, 4) is 5.75 Å². The van der Waals surface area contributed by atoms with Crippen LogP contribution in [-0.2, 0) is 22.3 Å². The van der Waals surface area contributed by atoms with Crippen molar-refractivity contribution in [2.45, 2.75) is 59.2 Å². The Morgan fingerprint density at radius 2 is 2.00 bits per heavy atom. The highest BCUT2D eigenvalue weighted by Gasteiger charge is 2.30. The second kappa shape index (κ2) is 8.19. The molecule has 1 aromatic carbocycles. The summed E-state index contributed by atoms with van der Waals surface area (Å²) in [6, 6.07) is 2.19. The van der Waals surface area contributed by atoms with E-state index in [9.17, 15) is 4.79 Å². The zero-order chi connectivity index (χ0) is 20.5. The molecule has 156 valence electrons. The van der Waals surface area contributed by atoms with Crippen molar-refractivity contribution in [2.24, 2.45) is 0 Å². The summed E-state index contributed by atoms with van der Waals surface area (Å²) >= 11 is 0. The number of hydrogen-bond acceptors (Lipinski definition) is 5. The lowest BCUT2D eigenvalue weighted by Gasteiger charge is -2.37. The third-order valence-corrected chi connectivity index (χ3v) is 5.36. The molecule has 0 bridgehead atoms. The maximum Gasteiger partial charge on any atom is 0.410 e. The lowest BCUT2D eigenvalue weighted by molar-refractivity contribution is 0.0258. The second-order valence-electron chi connectivity index (χ2n) is 8.82. The first-order chi connectivity index (χ1) is 13.2. The number of carbonyl (C=O) groups excluding carboxylic acids is 1. The molecule has 1 amide bonds. The maximum atomic E-state index is 12.5. The van der Waals surface area contributed by atoms with Crippen LogP contribution >= 0.6 is 0 Å². The number of amides is 1. The summed E-state index contributed by atoms with van der Waals surface area (Å²) in [5.74, 6) is 0.955. The molecule has 2 heterocycles. The highest BCUT2D eigenvalue weighted by molar-refractivity contribution is 5.71. The van der Waals surface area contributed by atoms with Crippen LogP contribution in [0.3, 0.4) is 0 Å². The van der Waals surface area contributed by atoms with E-state index in [0.29, 0.717) is 19.7 Å². The van der Waals surface area contributed by atoms with E-state index >= 15 is 0 Å². The van der Waals surface area contributed by atoms with Crippen molar-refractivity contribution in [3.63, 3.8) is 0 Å². The summed E-state index contributed by atoms with van der Waals surface area (Å²) in [6.07, 6.45) is 1.57. The van der Waals surface area contributed by atoms with Crippen molar-refractivity contribution < 1.29 is 19.0 Å². The van der Waals surface area contributed by atoms with Gasteiger partial charge in [-0.3, -0.25) is 0 Å². The number of nitrogens with zero attached hydrogens (tertiary/aromatic N) is 2. The number of methoxy groups -OCH3 is 1.